The molecule has 3 rings (SSSR count). The highest BCUT2D eigenvalue weighted by Gasteiger charge is 2.21. The fourth-order valence-electron chi connectivity index (χ4n) is 2.88. The average Bonchev–Trinajstić information content (AvgIpc) is 2.68. The van der Waals surface area contributed by atoms with Crippen LogP contribution in [0, 0.1) is 5.82 Å². The Morgan fingerprint density at radius 3 is 2.50 bits per heavy atom. The van der Waals surface area contributed by atoms with Crippen molar-refractivity contribution in [3.63, 3.8) is 0 Å². The van der Waals surface area contributed by atoms with Gasteiger partial charge in [0, 0.05) is 19.5 Å². The van der Waals surface area contributed by atoms with Crippen LogP contribution in [0.5, 0.6) is 0 Å². The van der Waals surface area contributed by atoms with Crippen LogP contribution in [0.3, 0.4) is 0 Å². The summed E-state index contributed by atoms with van der Waals surface area (Å²) in [6, 6.07) is 13.3. The molecule has 0 radical (unpaired) electrons. The number of amides is 2. The molecule has 1 heterocycles. The van der Waals surface area contributed by atoms with Crippen LogP contribution in [0.15, 0.2) is 48.5 Å². The fourth-order valence-corrected chi connectivity index (χ4v) is 2.88. The molecule has 2 aromatic rings. The number of rotatable bonds is 5. The highest BCUT2D eigenvalue weighted by Crippen LogP contribution is 2.19. The molecule has 0 spiro atoms. The third kappa shape index (κ3) is 4.46. The third-order valence-corrected chi connectivity index (χ3v) is 4.31. The first-order valence-electron chi connectivity index (χ1n) is 8.64. The predicted octanol–water partition coefficient (Wildman–Crippen LogP) is 2.87. The summed E-state index contributed by atoms with van der Waals surface area (Å²) in [5.41, 5.74) is 1.43. The van der Waals surface area contributed by atoms with E-state index >= 15 is 0 Å². The topological polar surface area (TPSA) is 58.6 Å². The molecule has 0 aromatic heterocycles. The first-order chi connectivity index (χ1) is 12.6. The lowest BCUT2D eigenvalue weighted by Gasteiger charge is -2.27. The van der Waals surface area contributed by atoms with Gasteiger partial charge in [-0.15, -0.1) is 0 Å². The van der Waals surface area contributed by atoms with Crippen molar-refractivity contribution in [2.75, 3.05) is 31.6 Å². The van der Waals surface area contributed by atoms with Gasteiger partial charge in [-0.05, 0) is 30.2 Å². The van der Waals surface area contributed by atoms with E-state index in [0.717, 1.165) is 0 Å². The van der Waals surface area contributed by atoms with Gasteiger partial charge in [0.15, 0.2) is 0 Å². The van der Waals surface area contributed by atoms with E-state index in [4.69, 9.17) is 4.74 Å². The number of aryl methyl sites for hydroxylation is 1. The molecular weight excluding hydrogens is 335 g/mol. The van der Waals surface area contributed by atoms with Crippen molar-refractivity contribution in [2.45, 2.75) is 12.8 Å². The predicted molar refractivity (Wildman–Crippen MR) is 96.5 cm³/mol. The molecule has 1 saturated heterocycles. The van der Waals surface area contributed by atoms with E-state index in [-0.39, 0.29) is 24.1 Å². The summed E-state index contributed by atoms with van der Waals surface area (Å²) >= 11 is 0. The molecule has 26 heavy (non-hydrogen) atoms. The van der Waals surface area contributed by atoms with Crippen molar-refractivity contribution in [1.82, 2.24) is 4.90 Å². The Morgan fingerprint density at radius 2 is 1.73 bits per heavy atom. The van der Waals surface area contributed by atoms with Gasteiger partial charge in [0.05, 0.1) is 24.5 Å². The first-order valence-corrected chi connectivity index (χ1v) is 8.64. The number of carbonyl (C=O) groups excluding carboxylic acids is 2. The number of morpholine rings is 1. The number of ether oxygens (including phenoxy) is 1. The molecule has 0 unspecified atom stereocenters. The minimum Gasteiger partial charge on any atom is -0.378 e. The number of halogens is 1. The van der Waals surface area contributed by atoms with Crippen LogP contribution in [0.1, 0.15) is 22.3 Å². The van der Waals surface area contributed by atoms with E-state index in [2.05, 4.69) is 5.32 Å². The highest BCUT2D eigenvalue weighted by atomic mass is 19.1. The Bertz CT molecular complexity index is 788. The molecule has 0 atom stereocenters. The maximum Gasteiger partial charge on any atom is 0.256 e. The van der Waals surface area contributed by atoms with Crippen molar-refractivity contribution in [1.29, 1.82) is 0 Å². The van der Waals surface area contributed by atoms with Crippen molar-refractivity contribution in [3.8, 4) is 0 Å². The van der Waals surface area contributed by atoms with Crippen LogP contribution in [-0.4, -0.2) is 43.0 Å². The standard InChI is InChI=1S/C20H21FN2O3/c21-17-7-3-1-5-15(17)9-10-19(24)22-18-8-4-2-6-16(18)20(25)23-11-13-26-14-12-23/h1-8H,9-14H2,(H,22,24). The summed E-state index contributed by atoms with van der Waals surface area (Å²) in [6.45, 7) is 2.11. The minimum absolute atomic E-state index is 0.127. The molecule has 136 valence electrons. The lowest BCUT2D eigenvalue weighted by Crippen LogP contribution is -2.41. The van der Waals surface area contributed by atoms with Gasteiger partial charge < -0.3 is 15.0 Å². The zero-order valence-corrected chi connectivity index (χ0v) is 14.4. The van der Waals surface area contributed by atoms with Crippen LogP contribution in [0.25, 0.3) is 0 Å². The van der Waals surface area contributed by atoms with E-state index in [1.165, 1.54) is 6.07 Å². The zero-order valence-electron chi connectivity index (χ0n) is 14.4. The highest BCUT2D eigenvalue weighted by molar-refractivity contribution is 6.03. The van der Waals surface area contributed by atoms with Crippen LogP contribution >= 0.6 is 0 Å². The Morgan fingerprint density at radius 1 is 1.04 bits per heavy atom. The normalized spacial score (nSPS) is 14.1. The number of carbonyl (C=O) groups is 2. The quantitative estimate of drug-likeness (QED) is 0.896. The van der Waals surface area contributed by atoms with Gasteiger partial charge in [-0.1, -0.05) is 30.3 Å². The summed E-state index contributed by atoms with van der Waals surface area (Å²) in [5.74, 6) is -0.697. The molecule has 1 aliphatic rings. The Hall–Kier alpha value is -2.73. The van der Waals surface area contributed by atoms with Gasteiger partial charge >= 0.3 is 0 Å². The van der Waals surface area contributed by atoms with E-state index in [1.54, 1.807) is 47.4 Å². The van der Waals surface area contributed by atoms with E-state index in [1.807, 2.05) is 0 Å². The summed E-state index contributed by atoms with van der Waals surface area (Å²) in [5, 5.41) is 2.78. The summed E-state index contributed by atoms with van der Waals surface area (Å²) in [4.78, 5) is 26.7. The van der Waals surface area contributed by atoms with Crippen molar-refractivity contribution >= 4 is 17.5 Å². The second-order valence-corrected chi connectivity index (χ2v) is 6.09. The maximum atomic E-state index is 13.7. The van der Waals surface area contributed by atoms with Gasteiger partial charge in [0.1, 0.15) is 5.82 Å². The number of benzene rings is 2. The molecule has 6 heteroatoms. The minimum atomic E-state index is -0.316. The smallest absolute Gasteiger partial charge is 0.256 e. The second-order valence-electron chi connectivity index (χ2n) is 6.09. The largest absolute Gasteiger partial charge is 0.378 e. The molecule has 2 amide bonds. The van der Waals surface area contributed by atoms with E-state index in [0.29, 0.717) is 49.5 Å². The number of hydrogen-bond donors (Lipinski definition) is 1. The number of nitrogens with one attached hydrogen (secondary N) is 1. The summed E-state index contributed by atoms with van der Waals surface area (Å²) in [6.07, 6.45) is 0.444. The van der Waals surface area contributed by atoms with E-state index in [9.17, 15) is 14.0 Å². The number of para-hydroxylation sites is 1. The first kappa shape index (κ1) is 18.1. The Balaban J connectivity index is 1.65. The Labute approximate surface area is 151 Å². The Kier molecular flexibility index (Phi) is 5.96. The zero-order chi connectivity index (χ0) is 18.4. The third-order valence-electron chi connectivity index (χ3n) is 4.31. The van der Waals surface area contributed by atoms with Crippen LogP contribution < -0.4 is 5.32 Å². The molecular formula is C20H21FN2O3. The molecule has 1 fully saturated rings. The molecule has 1 aliphatic heterocycles. The fraction of sp³-hybridized carbons (Fsp3) is 0.300. The monoisotopic (exact) mass is 356 g/mol. The van der Waals surface area contributed by atoms with Crippen LogP contribution in [0.4, 0.5) is 10.1 Å². The van der Waals surface area contributed by atoms with Crippen LogP contribution in [0.2, 0.25) is 0 Å². The van der Waals surface area contributed by atoms with Gasteiger partial charge in [0.25, 0.3) is 5.91 Å². The molecule has 0 bridgehead atoms. The van der Waals surface area contributed by atoms with Crippen molar-refractivity contribution in [3.05, 3.63) is 65.5 Å². The molecule has 1 N–H and O–H groups in total. The lowest BCUT2D eigenvalue weighted by molar-refractivity contribution is -0.116. The summed E-state index contributed by atoms with van der Waals surface area (Å²) in [7, 11) is 0. The van der Waals surface area contributed by atoms with E-state index < -0.39 is 0 Å². The van der Waals surface area contributed by atoms with Crippen LogP contribution in [-0.2, 0) is 16.0 Å². The molecule has 0 saturated carbocycles. The van der Waals surface area contributed by atoms with Crippen molar-refractivity contribution in [2.24, 2.45) is 0 Å². The number of anilines is 1. The SMILES string of the molecule is O=C(CCc1ccccc1F)Nc1ccccc1C(=O)N1CCOCC1. The van der Waals surface area contributed by atoms with Gasteiger partial charge in [0.2, 0.25) is 5.91 Å². The number of hydrogen-bond acceptors (Lipinski definition) is 3. The van der Waals surface area contributed by atoms with Gasteiger partial charge in [-0.25, -0.2) is 4.39 Å². The molecule has 5 nitrogen and oxygen atoms in total. The average molecular weight is 356 g/mol. The lowest BCUT2D eigenvalue weighted by atomic mass is 10.1. The molecule has 2 aromatic carbocycles. The summed E-state index contributed by atoms with van der Waals surface area (Å²) < 4.78 is 18.9. The second kappa shape index (κ2) is 8.58. The number of nitrogens with zero attached hydrogens (tertiary/aromatic N) is 1. The van der Waals surface area contributed by atoms with Crippen molar-refractivity contribution < 1.29 is 18.7 Å². The van der Waals surface area contributed by atoms with Gasteiger partial charge in [-0.3, -0.25) is 9.59 Å². The maximum absolute atomic E-state index is 13.7. The molecule has 0 aliphatic carbocycles. The van der Waals surface area contributed by atoms with Gasteiger partial charge in [-0.2, -0.15) is 0 Å².